The maximum atomic E-state index is 12.0. The van der Waals surface area contributed by atoms with E-state index in [1.54, 1.807) is 19.2 Å². The van der Waals surface area contributed by atoms with Crippen molar-refractivity contribution in [1.29, 1.82) is 0 Å². The number of hydrogen-bond donors (Lipinski definition) is 1. The number of amides is 1. The molecule has 0 radical (unpaired) electrons. The fourth-order valence-corrected chi connectivity index (χ4v) is 2.42. The lowest BCUT2D eigenvalue weighted by Crippen LogP contribution is -2.18. The van der Waals surface area contributed by atoms with Gasteiger partial charge in [0.15, 0.2) is 18.1 Å². The number of nitrogens with one attached hydrogen (secondary N) is 1. The molecule has 138 valence electrons. The maximum Gasteiger partial charge on any atom is 0.265 e. The van der Waals surface area contributed by atoms with Crippen molar-refractivity contribution >= 4 is 17.8 Å². The van der Waals surface area contributed by atoms with Crippen LogP contribution >= 0.6 is 0 Å². The topological polar surface area (TPSA) is 69.2 Å². The summed E-state index contributed by atoms with van der Waals surface area (Å²) in [5.74, 6) is 1.02. The van der Waals surface area contributed by atoms with E-state index in [-0.39, 0.29) is 12.5 Å². The third-order valence-electron chi connectivity index (χ3n) is 3.71. The molecular formula is C20H24N2O4. The molecule has 2 rings (SSSR count). The first-order valence-corrected chi connectivity index (χ1v) is 8.37. The van der Waals surface area contributed by atoms with Gasteiger partial charge >= 0.3 is 0 Å². The van der Waals surface area contributed by atoms with Gasteiger partial charge in [-0.2, -0.15) is 0 Å². The number of anilines is 1. The first kappa shape index (κ1) is 19.3. The number of oxime groups is 1. The summed E-state index contributed by atoms with van der Waals surface area (Å²) >= 11 is 0. The first-order chi connectivity index (χ1) is 12.5. The van der Waals surface area contributed by atoms with E-state index >= 15 is 0 Å². The van der Waals surface area contributed by atoms with E-state index in [0.29, 0.717) is 18.1 Å². The minimum Gasteiger partial charge on any atom is -0.493 e. The molecule has 26 heavy (non-hydrogen) atoms. The van der Waals surface area contributed by atoms with Crippen molar-refractivity contribution in [2.75, 3.05) is 25.6 Å². The maximum absolute atomic E-state index is 12.0. The Kier molecular flexibility index (Phi) is 7.02. The fraction of sp³-hybridized carbons (Fsp3) is 0.300. The third-order valence-corrected chi connectivity index (χ3v) is 3.71. The van der Waals surface area contributed by atoms with Gasteiger partial charge in [0.1, 0.15) is 0 Å². The van der Waals surface area contributed by atoms with Crippen LogP contribution in [0.5, 0.6) is 11.5 Å². The van der Waals surface area contributed by atoms with E-state index < -0.39 is 0 Å². The van der Waals surface area contributed by atoms with Crippen LogP contribution in [0.15, 0.2) is 41.6 Å². The van der Waals surface area contributed by atoms with Crippen LogP contribution < -0.4 is 14.8 Å². The molecule has 0 aliphatic rings. The van der Waals surface area contributed by atoms with Crippen LogP contribution in [0.25, 0.3) is 0 Å². The fourth-order valence-electron chi connectivity index (χ4n) is 2.42. The zero-order chi connectivity index (χ0) is 18.9. The molecule has 0 fully saturated rings. The van der Waals surface area contributed by atoms with Crippen LogP contribution in [0.4, 0.5) is 5.69 Å². The summed E-state index contributed by atoms with van der Waals surface area (Å²) in [5.41, 5.74) is 3.59. The number of para-hydroxylation sites is 1. The Hall–Kier alpha value is -3.02. The SMILES string of the molecule is CCOc1ccc(/C=N\OCC(=O)Nc2c(C)cccc2C)cc1OC. The third kappa shape index (κ3) is 5.24. The van der Waals surface area contributed by atoms with Gasteiger partial charge < -0.3 is 19.6 Å². The number of methoxy groups -OCH3 is 1. The van der Waals surface area contributed by atoms with Crippen LogP contribution in [-0.4, -0.2) is 32.4 Å². The van der Waals surface area contributed by atoms with Gasteiger partial charge in [-0.05, 0) is 50.1 Å². The molecule has 6 nitrogen and oxygen atoms in total. The Morgan fingerprint density at radius 1 is 1.15 bits per heavy atom. The molecule has 1 amide bonds. The molecule has 6 heteroatoms. The summed E-state index contributed by atoms with van der Waals surface area (Å²) in [7, 11) is 1.58. The Bertz CT molecular complexity index is 767. The van der Waals surface area contributed by atoms with E-state index in [0.717, 1.165) is 22.4 Å². The number of carbonyl (C=O) groups is 1. The molecule has 2 aromatic carbocycles. The number of benzene rings is 2. The van der Waals surface area contributed by atoms with Crippen molar-refractivity contribution in [3.05, 3.63) is 53.1 Å². The number of hydrogen-bond acceptors (Lipinski definition) is 5. The van der Waals surface area contributed by atoms with Crippen LogP contribution in [-0.2, 0) is 9.63 Å². The standard InChI is InChI=1S/C20H24N2O4/c1-5-25-17-10-9-16(11-18(17)24-4)12-21-26-13-19(23)22-20-14(2)7-6-8-15(20)3/h6-12H,5,13H2,1-4H3,(H,22,23)/b21-12-. The summed E-state index contributed by atoms with van der Waals surface area (Å²) in [4.78, 5) is 17.1. The highest BCUT2D eigenvalue weighted by atomic mass is 16.6. The second kappa shape index (κ2) is 9.46. The molecule has 0 saturated carbocycles. The summed E-state index contributed by atoms with van der Waals surface area (Å²) in [5, 5.41) is 6.68. The summed E-state index contributed by atoms with van der Waals surface area (Å²) < 4.78 is 10.7. The summed E-state index contributed by atoms with van der Waals surface area (Å²) in [6, 6.07) is 11.3. The van der Waals surface area contributed by atoms with Gasteiger partial charge in [0.25, 0.3) is 5.91 Å². The second-order valence-electron chi connectivity index (χ2n) is 5.67. The Labute approximate surface area is 153 Å². The van der Waals surface area contributed by atoms with Gasteiger partial charge in [-0.1, -0.05) is 23.4 Å². The van der Waals surface area contributed by atoms with E-state index in [2.05, 4.69) is 10.5 Å². The Morgan fingerprint density at radius 3 is 2.54 bits per heavy atom. The van der Waals surface area contributed by atoms with Crippen molar-refractivity contribution < 1.29 is 19.1 Å². The van der Waals surface area contributed by atoms with Crippen LogP contribution in [0.2, 0.25) is 0 Å². The Balaban J connectivity index is 1.90. The predicted octanol–water partition coefficient (Wildman–Crippen LogP) is 3.70. The minimum absolute atomic E-state index is 0.168. The monoisotopic (exact) mass is 356 g/mol. The molecule has 0 atom stereocenters. The van der Waals surface area contributed by atoms with Gasteiger partial charge in [-0.15, -0.1) is 0 Å². The lowest BCUT2D eigenvalue weighted by Gasteiger charge is -2.10. The average Bonchev–Trinajstić information content (AvgIpc) is 2.63. The van der Waals surface area contributed by atoms with Crippen LogP contribution in [0, 0.1) is 13.8 Å². The van der Waals surface area contributed by atoms with Crippen molar-refractivity contribution in [3.8, 4) is 11.5 Å². The highest BCUT2D eigenvalue weighted by Gasteiger charge is 2.07. The van der Waals surface area contributed by atoms with Crippen molar-refractivity contribution in [2.45, 2.75) is 20.8 Å². The average molecular weight is 356 g/mol. The van der Waals surface area contributed by atoms with Gasteiger partial charge in [0, 0.05) is 11.3 Å². The molecular weight excluding hydrogens is 332 g/mol. The Morgan fingerprint density at radius 2 is 1.88 bits per heavy atom. The van der Waals surface area contributed by atoms with E-state index in [1.165, 1.54) is 6.21 Å². The number of aryl methyl sites for hydroxylation is 2. The normalized spacial score (nSPS) is 10.6. The lowest BCUT2D eigenvalue weighted by atomic mass is 10.1. The molecule has 0 aliphatic carbocycles. The number of ether oxygens (including phenoxy) is 2. The number of nitrogens with zero attached hydrogens (tertiary/aromatic N) is 1. The summed E-state index contributed by atoms with van der Waals surface area (Å²) in [6.45, 7) is 6.19. The molecule has 0 saturated heterocycles. The van der Waals surface area contributed by atoms with Crippen LogP contribution in [0.1, 0.15) is 23.6 Å². The molecule has 0 spiro atoms. The van der Waals surface area contributed by atoms with Gasteiger partial charge in [0.2, 0.25) is 0 Å². The molecule has 0 aliphatic heterocycles. The smallest absolute Gasteiger partial charge is 0.265 e. The molecule has 1 N–H and O–H groups in total. The molecule has 2 aromatic rings. The molecule has 0 heterocycles. The minimum atomic E-state index is -0.260. The van der Waals surface area contributed by atoms with Crippen LogP contribution in [0.3, 0.4) is 0 Å². The number of carbonyl (C=O) groups excluding carboxylic acids is 1. The van der Waals surface area contributed by atoms with Crippen molar-refractivity contribution in [3.63, 3.8) is 0 Å². The van der Waals surface area contributed by atoms with E-state index in [1.807, 2.05) is 45.0 Å². The van der Waals surface area contributed by atoms with Crippen molar-refractivity contribution in [2.24, 2.45) is 5.16 Å². The summed E-state index contributed by atoms with van der Waals surface area (Å²) in [6.07, 6.45) is 1.52. The second-order valence-corrected chi connectivity index (χ2v) is 5.67. The van der Waals surface area contributed by atoms with Crippen molar-refractivity contribution in [1.82, 2.24) is 0 Å². The quantitative estimate of drug-likeness (QED) is 0.578. The highest BCUT2D eigenvalue weighted by molar-refractivity contribution is 5.93. The molecule has 0 unspecified atom stereocenters. The molecule has 0 aromatic heterocycles. The lowest BCUT2D eigenvalue weighted by molar-refractivity contribution is -0.120. The van der Waals surface area contributed by atoms with Gasteiger partial charge in [0.05, 0.1) is 19.9 Å². The molecule has 0 bridgehead atoms. The van der Waals surface area contributed by atoms with E-state index in [4.69, 9.17) is 14.3 Å². The van der Waals surface area contributed by atoms with E-state index in [9.17, 15) is 4.79 Å². The predicted molar refractivity (Wildman–Crippen MR) is 102 cm³/mol. The largest absolute Gasteiger partial charge is 0.493 e. The highest BCUT2D eigenvalue weighted by Crippen LogP contribution is 2.27. The van der Waals surface area contributed by atoms with Gasteiger partial charge in [-0.3, -0.25) is 4.79 Å². The first-order valence-electron chi connectivity index (χ1n) is 8.37. The number of rotatable bonds is 8. The zero-order valence-electron chi connectivity index (χ0n) is 15.5. The zero-order valence-corrected chi connectivity index (χ0v) is 15.5. The van der Waals surface area contributed by atoms with Gasteiger partial charge in [-0.25, -0.2) is 0 Å².